The fourth-order valence-corrected chi connectivity index (χ4v) is 5.35. The highest BCUT2D eigenvalue weighted by Gasteiger charge is 2.57. The summed E-state index contributed by atoms with van der Waals surface area (Å²) in [4.78, 5) is 0. The van der Waals surface area contributed by atoms with Gasteiger partial charge in [-0.3, -0.25) is 0 Å². The summed E-state index contributed by atoms with van der Waals surface area (Å²) in [5.74, 6) is 3.71. The molecule has 1 N–H and O–H groups in total. The minimum absolute atomic E-state index is 0.774. The molecule has 1 aromatic rings. The Bertz CT molecular complexity index is 474. The first-order valence-electron chi connectivity index (χ1n) is 8.65. The molecule has 3 aliphatic rings. The molecule has 0 amide bonds. The van der Waals surface area contributed by atoms with Gasteiger partial charge < -0.3 is 5.32 Å². The van der Waals surface area contributed by atoms with Crippen molar-refractivity contribution in [2.24, 2.45) is 17.8 Å². The Kier molecular flexibility index (Phi) is 3.34. The van der Waals surface area contributed by atoms with E-state index in [1.165, 1.54) is 44.9 Å². The lowest BCUT2D eigenvalue weighted by Crippen LogP contribution is -2.37. The lowest BCUT2D eigenvalue weighted by atomic mass is 9.81. The highest BCUT2D eigenvalue weighted by atomic mass is 14.9. The number of aryl methyl sites for hydroxylation is 1. The van der Waals surface area contributed by atoms with Crippen molar-refractivity contribution in [3.8, 4) is 0 Å². The molecule has 0 spiro atoms. The van der Waals surface area contributed by atoms with Gasteiger partial charge in [0.05, 0.1) is 0 Å². The van der Waals surface area contributed by atoms with E-state index in [1.54, 1.807) is 11.1 Å². The third-order valence-electron chi connectivity index (χ3n) is 6.30. The first-order valence-corrected chi connectivity index (χ1v) is 8.65. The summed E-state index contributed by atoms with van der Waals surface area (Å²) in [5, 5.41) is 3.72. The zero-order chi connectivity index (χ0) is 13.5. The van der Waals surface area contributed by atoms with E-state index in [-0.39, 0.29) is 0 Å². The molecule has 0 saturated heterocycles. The quantitative estimate of drug-likeness (QED) is 0.870. The van der Waals surface area contributed by atoms with E-state index in [4.69, 9.17) is 0 Å². The molecule has 2 saturated carbocycles. The van der Waals surface area contributed by atoms with Crippen molar-refractivity contribution in [2.45, 2.75) is 56.9 Å². The van der Waals surface area contributed by atoms with Crippen LogP contribution in [0.5, 0.6) is 0 Å². The average Bonchev–Trinajstić information content (AvgIpc) is 3.24. The monoisotopic (exact) mass is 269 g/mol. The molecule has 4 rings (SSSR count). The maximum Gasteiger partial charge on any atom is 0.0129 e. The minimum Gasteiger partial charge on any atom is -0.316 e. The van der Waals surface area contributed by atoms with Crippen LogP contribution in [0.25, 0.3) is 0 Å². The predicted molar refractivity (Wildman–Crippen MR) is 83.9 cm³/mol. The molecular weight excluding hydrogens is 242 g/mol. The zero-order valence-corrected chi connectivity index (χ0v) is 12.6. The Hall–Kier alpha value is -0.820. The van der Waals surface area contributed by atoms with Crippen LogP contribution in [0, 0.1) is 17.8 Å². The van der Waals surface area contributed by atoms with Gasteiger partial charge in [-0.05, 0) is 67.5 Å². The molecule has 4 unspecified atom stereocenters. The van der Waals surface area contributed by atoms with Gasteiger partial charge in [-0.2, -0.15) is 0 Å². The van der Waals surface area contributed by atoms with Crippen molar-refractivity contribution in [3.05, 3.63) is 35.4 Å². The summed E-state index contributed by atoms with van der Waals surface area (Å²) >= 11 is 0. The molecule has 2 fully saturated rings. The van der Waals surface area contributed by atoms with Crippen LogP contribution >= 0.6 is 0 Å². The van der Waals surface area contributed by atoms with E-state index < -0.39 is 0 Å². The fraction of sp³-hybridized carbons (Fsp3) is 0.684. The normalized spacial score (nSPS) is 34.1. The molecule has 20 heavy (non-hydrogen) atoms. The summed E-state index contributed by atoms with van der Waals surface area (Å²) < 4.78 is 0. The van der Waals surface area contributed by atoms with Crippen molar-refractivity contribution >= 4 is 0 Å². The maximum absolute atomic E-state index is 3.72. The molecule has 0 aliphatic heterocycles. The van der Waals surface area contributed by atoms with Gasteiger partial charge in [0, 0.05) is 6.04 Å². The number of fused-ring (bicyclic) bond motifs is 3. The van der Waals surface area contributed by atoms with Gasteiger partial charge in [0.1, 0.15) is 0 Å². The van der Waals surface area contributed by atoms with Crippen molar-refractivity contribution in [1.82, 2.24) is 5.32 Å². The van der Waals surface area contributed by atoms with Crippen molar-refractivity contribution in [3.63, 3.8) is 0 Å². The smallest absolute Gasteiger partial charge is 0.0129 e. The van der Waals surface area contributed by atoms with Gasteiger partial charge in [-0.15, -0.1) is 0 Å². The first kappa shape index (κ1) is 12.9. The first-order chi connectivity index (χ1) is 9.90. The molecule has 108 valence electrons. The molecule has 0 aromatic heterocycles. The highest BCUT2D eigenvalue weighted by molar-refractivity contribution is 5.40. The summed E-state index contributed by atoms with van der Waals surface area (Å²) in [6.45, 7) is 0. The van der Waals surface area contributed by atoms with Gasteiger partial charge in [-0.1, -0.05) is 43.5 Å². The molecule has 3 aliphatic carbocycles. The van der Waals surface area contributed by atoms with Crippen LogP contribution in [0.3, 0.4) is 0 Å². The largest absolute Gasteiger partial charge is 0.316 e. The van der Waals surface area contributed by atoms with E-state index in [0.29, 0.717) is 0 Å². The van der Waals surface area contributed by atoms with E-state index >= 15 is 0 Å². The van der Waals surface area contributed by atoms with Crippen molar-refractivity contribution in [2.75, 3.05) is 7.05 Å². The minimum atomic E-state index is 0.774. The maximum atomic E-state index is 3.72. The van der Waals surface area contributed by atoms with Crippen LogP contribution in [0.15, 0.2) is 24.3 Å². The summed E-state index contributed by atoms with van der Waals surface area (Å²) in [6, 6.07) is 9.99. The number of hydrogen-bond donors (Lipinski definition) is 1. The molecule has 0 heterocycles. The lowest BCUT2D eigenvalue weighted by Gasteiger charge is -2.30. The highest BCUT2D eigenvalue weighted by Crippen LogP contribution is 2.62. The lowest BCUT2D eigenvalue weighted by molar-refractivity contribution is 0.249. The number of nitrogens with one attached hydrogen (secondary N) is 1. The van der Waals surface area contributed by atoms with Crippen LogP contribution < -0.4 is 5.32 Å². The Morgan fingerprint density at radius 3 is 2.65 bits per heavy atom. The Morgan fingerprint density at radius 1 is 1.05 bits per heavy atom. The second kappa shape index (κ2) is 5.18. The summed E-state index contributed by atoms with van der Waals surface area (Å²) in [7, 11) is 2.20. The molecule has 0 radical (unpaired) electrons. The second-order valence-corrected chi connectivity index (χ2v) is 7.22. The molecule has 4 atom stereocenters. The van der Waals surface area contributed by atoms with E-state index in [0.717, 1.165) is 29.7 Å². The predicted octanol–water partition coefficient (Wildman–Crippen LogP) is 4.13. The van der Waals surface area contributed by atoms with Crippen LogP contribution in [-0.4, -0.2) is 13.1 Å². The second-order valence-electron chi connectivity index (χ2n) is 7.22. The topological polar surface area (TPSA) is 12.0 Å². The van der Waals surface area contributed by atoms with E-state index in [2.05, 4.69) is 36.6 Å². The Balaban J connectivity index is 1.55. The SMILES string of the molecule is CNC(C1CCCCC1)C1C2CCc3ccccc3C21. The molecule has 1 nitrogen and oxygen atoms in total. The third kappa shape index (κ3) is 2.02. The van der Waals surface area contributed by atoms with Gasteiger partial charge in [0.2, 0.25) is 0 Å². The summed E-state index contributed by atoms with van der Waals surface area (Å²) in [6.07, 6.45) is 10.1. The Labute approximate surface area is 123 Å². The molecule has 0 bridgehead atoms. The van der Waals surface area contributed by atoms with Crippen LogP contribution in [0.4, 0.5) is 0 Å². The van der Waals surface area contributed by atoms with Gasteiger partial charge >= 0.3 is 0 Å². The van der Waals surface area contributed by atoms with Gasteiger partial charge in [0.25, 0.3) is 0 Å². The number of hydrogen-bond acceptors (Lipinski definition) is 1. The van der Waals surface area contributed by atoms with E-state index in [9.17, 15) is 0 Å². The van der Waals surface area contributed by atoms with Gasteiger partial charge in [-0.25, -0.2) is 0 Å². The zero-order valence-electron chi connectivity index (χ0n) is 12.6. The van der Waals surface area contributed by atoms with Crippen LogP contribution in [0.2, 0.25) is 0 Å². The average molecular weight is 269 g/mol. The summed E-state index contributed by atoms with van der Waals surface area (Å²) in [5.41, 5.74) is 3.32. The Morgan fingerprint density at radius 2 is 1.85 bits per heavy atom. The fourth-order valence-electron chi connectivity index (χ4n) is 5.35. The van der Waals surface area contributed by atoms with Crippen LogP contribution in [-0.2, 0) is 6.42 Å². The van der Waals surface area contributed by atoms with Crippen molar-refractivity contribution < 1.29 is 0 Å². The van der Waals surface area contributed by atoms with Crippen molar-refractivity contribution in [1.29, 1.82) is 0 Å². The standard InChI is InChI=1S/C19H27N/c1-20-19(14-8-3-2-4-9-14)18-16-12-11-13-7-5-6-10-15(13)17(16)18/h5-7,10,14,16-20H,2-4,8-9,11-12H2,1H3. The van der Waals surface area contributed by atoms with Crippen LogP contribution in [0.1, 0.15) is 55.6 Å². The number of rotatable bonds is 3. The van der Waals surface area contributed by atoms with Gasteiger partial charge in [0.15, 0.2) is 0 Å². The molecule has 1 heteroatoms. The molecular formula is C19H27N. The third-order valence-corrected chi connectivity index (χ3v) is 6.30. The molecule has 1 aromatic carbocycles. The number of benzene rings is 1. The van der Waals surface area contributed by atoms with E-state index in [1.807, 2.05) is 0 Å².